The SMILES string of the molecule is CCC(C)C1=CC(C(C)CC)CC1. The van der Waals surface area contributed by atoms with Crippen LogP contribution in [0.5, 0.6) is 0 Å². The minimum absolute atomic E-state index is 0.828. The van der Waals surface area contributed by atoms with E-state index in [9.17, 15) is 0 Å². The van der Waals surface area contributed by atoms with E-state index in [0.29, 0.717) is 0 Å². The highest BCUT2D eigenvalue weighted by molar-refractivity contribution is 5.14. The fourth-order valence-corrected chi connectivity index (χ4v) is 2.20. The van der Waals surface area contributed by atoms with E-state index in [2.05, 4.69) is 33.8 Å². The average Bonchev–Trinajstić information content (AvgIpc) is 2.64. The van der Waals surface area contributed by atoms with E-state index in [1.54, 1.807) is 5.57 Å². The lowest BCUT2D eigenvalue weighted by Gasteiger charge is -2.14. The van der Waals surface area contributed by atoms with Crippen molar-refractivity contribution in [2.75, 3.05) is 0 Å². The molecule has 0 bridgehead atoms. The molecule has 0 spiro atoms. The lowest BCUT2D eigenvalue weighted by atomic mass is 9.91. The van der Waals surface area contributed by atoms with Crippen LogP contribution in [-0.4, -0.2) is 0 Å². The van der Waals surface area contributed by atoms with Crippen molar-refractivity contribution in [2.24, 2.45) is 17.8 Å². The summed E-state index contributed by atoms with van der Waals surface area (Å²) in [7, 11) is 0. The Labute approximate surface area is 83.4 Å². The Morgan fingerprint density at radius 1 is 1.31 bits per heavy atom. The molecular weight excluding hydrogens is 156 g/mol. The molecule has 76 valence electrons. The first-order valence-corrected chi connectivity index (χ1v) is 5.89. The first kappa shape index (κ1) is 10.8. The maximum atomic E-state index is 2.57. The summed E-state index contributed by atoms with van der Waals surface area (Å²) in [5, 5.41) is 0. The summed E-state index contributed by atoms with van der Waals surface area (Å²) in [6.45, 7) is 9.35. The third kappa shape index (κ3) is 2.59. The minimum atomic E-state index is 0.828. The molecule has 1 aliphatic rings. The molecule has 0 radical (unpaired) electrons. The summed E-state index contributed by atoms with van der Waals surface area (Å²) in [5.41, 5.74) is 1.73. The predicted octanol–water partition coefficient (Wildman–Crippen LogP) is 4.42. The Balaban J connectivity index is 2.52. The zero-order valence-corrected chi connectivity index (χ0v) is 9.64. The molecule has 0 aromatic rings. The van der Waals surface area contributed by atoms with Gasteiger partial charge in [0.1, 0.15) is 0 Å². The standard InChI is InChI=1S/C13H24/c1-5-10(3)12-7-8-13(9-12)11(4)6-2/h9-12H,5-8H2,1-4H3. The lowest BCUT2D eigenvalue weighted by Crippen LogP contribution is -2.04. The Morgan fingerprint density at radius 3 is 2.54 bits per heavy atom. The van der Waals surface area contributed by atoms with Gasteiger partial charge in [-0.15, -0.1) is 0 Å². The molecule has 0 saturated carbocycles. The van der Waals surface area contributed by atoms with Crippen molar-refractivity contribution < 1.29 is 0 Å². The van der Waals surface area contributed by atoms with E-state index in [0.717, 1.165) is 17.8 Å². The second kappa shape index (κ2) is 4.83. The number of rotatable bonds is 4. The summed E-state index contributed by atoms with van der Waals surface area (Å²) in [5.74, 6) is 2.60. The van der Waals surface area contributed by atoms with Crippen molar-refractivity contribution >= 4 is 0 Å². The third-order valence-electron chi connectivity index (χ3n) is 3.81. The van der Waals surface area contributed by atoms with Crippen LogP contribution in [0.2, 0.25) is 0 Å². The summed E-state index contributed by atoms with van der Waals surface area (Å²) < 4.78 is 0. The first-order chi connectivity index (χ1) is 6.19. The normalized spacial score (nSPS) is 27.1. The highest BCUT2D eigenvalue weighted by Crippen LogP contribution is 2.35. The van der Waals surface area contributed by atoms with Gasteiger partial charge in [0, 0.05) is 0 Å². The molecule has 0 amide bonds. The topological polar surface area (TPSA) is 0 Å². The maximum Gasteiger partial charge on any atom is -0.0202 e. The Kier molecular flexibility index (Phi) is 4.02. The Morgan fingerprint density at radius 2 is 2.00 bits per heavy atom. The van der Waals surface area contributed by atoms with Gasteiger partial charge in [-0.1, -0.05) is 45.8 Å². The fourth-order valence-electron chi connectivity index (χ4n) is 2.20. The molecule has 0 nitrogen and oxygen atoms in total. The molecular formula is C13H24. The number of allylic oxidation sites excluding steroid dienone is 2. The summed E-state index contributed by atoms with van der Waals surface area (Å²) in [6.07, 6.45) is 7.98. The van der Waals surface area contributed by atoms with E-state index in [1.165, 1.54) is 25.7 Å². The van der Waals surface area contributed by atoms with Crippen LogP contribution in [0.15, 0.2) is 11.6 Å². The summed E-state index contributed by atoms with van der Waals surface area (Å²) in [4.78, 5) is 0. The molecule has 0 aromatic carbocycles. The molecule has 0 fully saturated rings. The minimum Gasteiger partial charge on any atom is -0.0817 e. The first-order valence-electron chi connectivity index (χ1n) is 5.89. The molecule has 1 rings (SSSR count). The summed E-state index contributed by atoms with van der Waals surface area (Å²) >= 11 is 0. The molecule has 0 heterocycles. The molecule has 0 heteroatoms. The van der Waals surface area contributed by atoms with Crippen LogP contribution in [0, 0.1) is 17.8 Å². The highest BCUT2D eigenvalue weighted by Gasteiger charge is 2.22. The number of hydrogen-bond donors (Lipinski definition) is 0. The van der Waals surface area contributed by atoms with E-state index in [4.69, 9.17) is 0 Å². The number of hydrogen-bond acceptors (Lipinski definition) is 0. The van der Waals surface area contributed by atoms with Gasteiger partial charge in [-0.05, 0) is 37.0 Å². The van der Waals surface area contributed by atoms with Crippen molar-refractivity contribution in [3.63, 3.8) is 0 Å². The average molecular weight is 180 g/mol. The summed E-state index contributed by atoms with van der Waals surface area (Å²) in [6, 6.07) is 0. The molecule has 1 aliphatic carbocycles. The van der Waals surface area contributed by atoms with Crippen LogP contribution in [0.3, 0.4) is 0 Å². The van der Waals surface area contributed by atoms with Crippen LogP contribution in [-0.2, 0) is 0 Å². The van der Waals surface area contributed by atoms with Gasteiger partial charge in [-0.2, -0.15) is 0 Å². The predicted molar refractivity (Wildman–Crippen MR) is 59.7 cm³/mol. The van der Waals surface area contributed by atoms with E-state index in [1.807, 2.05) is 0 Å². The monoisotopic (exact) mass is 180 g/mol. The van der Waals surface area contributed by atoms with Crippen LogP contribution in [0.1, 0.15) is 53.4 Å². The van der Waals surface area contributed by atoms with Gasteiger partial charge >= 0.3 is 0 Å². The third-order valence-corrected chi connectivity index (χ3v) is 3.81. The smallest absolute Gasteiger partial charge is 0.0202 e. The van der Waals surface area contributed by atoms with Gasteiger partial charge in [-0.3, -0.25) is 0 Å². The molecule has 13 heavy (non-hydrogen) atoms. The van der Waals surface area contributed by atoms with Crippen LogP contribution >= 0.6 is 0 Å². The van der Waals surface area contributed by atoms with Crippen molar-refractivity contribution in [1.82, 2.24) is 0 Å². The van der Waals surface area contributed by atoms with Gasteiger partial charge in [0.05, 0.1) is 0 Å². The highest BCUT2D eigenvalue weighted by atomic mass is 14.3. The molecule has 0 saturated heterocycles. The Hall–Kier alpha value is -0.260. The maximum absolute atomic E-state index is 2.57. The van der Waals surface area contributed by atoms with Gasteiger partial charge in [0.2, 0.25) is 0 Å². The van der Waals surface area contributed by atoms with Gasteiger partial charge < -0.3 is 0 Å². The van der Waals surface area contributed by atoms with Crippen molar-refractivity contribution in [1.29, 1.82) is 0 Å². The molecule has 3 atom stereocenters. The molecule has 0 aliphatic heterocycles. The van der Waals surface area contributed by atoms with E-state index < -0.39 is 0 Å². The van der Waals surface area contributed by atoms with Crippen molar-refractivity contribution in [2.45, 2.75) is 53.4 Å². The van der Waals surface area contributed by atoms with E-state index in [-0.39, 0.29) is 0 Å². The molecule has 0 aromatic heterocycles. The lowest BCUT2D eigenvalue weighted by molar-refractivity contribution is 0.411. The van der Waals surface area contributed by atoms with Crippen LogP contribution < -0.4 is 0 Å². The van der Waals surface area contributed by atoms with Gasteiger partial charge in [0.15, 0.2) is 0 Å². The van der Waals surface area contributed by atoms with Crippen LogP contribution in [0.4, 0.5) is 0 Å². The second-order valence-corrected chi connectivity index (χ2v) is 4.64. The van der Waals surface area contributed by atoms with Crippen LogP contribution in [0.25, 0.3) is 0 Å². The van der Waals surface area contributed by atoms with Crippen molar-refractivity contribution in [3.8, 4) is 0 Å². The largest absolute Gasteiger partial charge is 0.0817 e. The zero-order chi connectivity index (χ0) is 9.84. The molecule has 0 N–H and O–H groups in total. The van der Waals surface area contributed by atoms with Gasteiger partial charge in [0.25, 0.3) is 0 Å². The quantitative estimate of drug-likeness (QED) is 0.562. The second-order valence-electron chi connectivity index (χ2n) is 4.64. The van der Waals surface area contributed by atoms with Gasteiger partial charge in [-0.25, -0.2) is 0 Å². The van der Waals surface area contributed by atoms with E-state index >= 15 is 0 Å². The van der Waals surface area contributed by atoms with Crippen molar-refractivity contribution in [3.05, 3.63) is 11.6 Å². The fraction of sp³-hybridized carbons (Fsp3) is 0.846. The zero-order valence-electron chi connectivity index (χ0n) is 9.64. The Bertz CT molecular complexity index is 178. The molecule has 3 unspecified atom stereocenters.